The van der Waals surface area contributed by atoms with Crippen molar-refractivity contribution in [2.24, 2.45) is 5.73 Å². The van der Waals surface area contributed by atoms with E-state index in [4.69, 9.17) is 5.73 Å². The van der Waals surface area contributed by atoms with Gasteiger partial charge in [-0.1, -0.05) is 24.3 Å². The number of rotatable bonds is 4. The van der Waals surface area contributed by atoms with Crippen molar-refractivity contribution in [3.63, 3.8) is 0 Å². The van der Waals surface area contributed by atoms with Gasteiger partial charge in [0.1, 0.15) is 5.82 Å². The predicted molar refractivity (Wildman–Crippen MR) is 79.1 cm³/mol. The molecule has 0 aromatic heterocycles. The molecule has 3 nitrogen and oxygen atoms in total. The zero-order valence-corrected chi connectivity index (χ0v) is 11.7. The molecule has 1 amide bonds. The van der Waals surface area contributed by atoms with Crippen LogP contribution in [0.25, 0.3) is 10.8 Å². The SMILES string of the molecule is CC(N)CC(C)NC(=O)c1ccc(F)c2ccccc12. The van der Waals surface area contributed by atoms with Crippen LogP contribution in [0, 0.1) is 5.82 Å². The number of benzene rings is 2. The molecule has 0 aliphatic rings. The Labute approximate surface area is 118 Å². The van der Waals surface area contributed by atoms with Gasteiger partial charge in [0.2, 0.25) is 0 Å². The van der Waals surface area contributed by atoms with Gasteiger partial charge in [0.15, 0.2) is 0 Å². The van der Waals surface area contributed by atoms with Gasteiger partial charge >= 0.3 is 0 Å². The van der Waals surface area contributed by atoms with Crippen LogP contribution in [-0.2, 0) is 0 Å². The zero-order chi connectivity index (χ0) is 14.7. The summed E-state index contributed by atoms with van der Waals surface area (Å²) in [5.41, 5.74) is 6.20. The lowest BCUT2D eigenvalue weighted by Crippen LogP contribution is -2.36. The van der Waals surface area contributed by atoms with Gasteiger partial charge in [-0.05, 0) is 37.8 Å². The molecule has 0 heterocycles. The molecule has 2 rings (SSSR count). The summed E-state index contributed by atoms with van der Waals surface area (Å²) < 4.78 is 13.7. The Hall–Kier alpha value is -1.94. The fourth-order valence-corrected chi connectivity index (χ4v) is 2.38. The van der Waals surface area contributed by atoms with E-state index in [-0.39, 0.29) is 23.8 Å². The summed E-state index contributed by atoms with van der Waals surface area (Å²) in [5, 5.41) is 3.98. The molecule has 0 fully saturated rings. The zero-order valence-electron chi connectivity index (χ0n) is 11.7. The van der Waals surface area contributed by atoms with Crippen molar-refractivity contribution < 1.29 is 9.18 Å². The van der Waals surface area contributed by atoms with Gasteiger partial charge in [-0.15, -0.1) is 0 Å². The highest BCUT2D eigenvalue weighted by Gasteiger charge is 2.15. The number of nitrogens with two attached hydrogens (primary N) is 1. The Kier molecular flexibility index (Phi) is 4.35. The van der Waals surface area contributed by atoms with Crippen molar-refractivity contribution >= 4 is 16.7 Å². The molecule has 2 atom stereocenters. The first-order valence-corrected chi connectivity index (χ1v) is 6.72. The maximum Gasteiger partial charge on any atom is 0.252 e. The number of amides is 1. The first kappa shape index (κ1) is 14.5. The number of fused-ring (bicyclic) bond motifs is 1. The fourth-order valence-electron chi connectivity index (χ4n) is 2.38. The van der Waals surface area contributed by atoms with E-state index in [1.165, 1.54) is 12.1 Å². The second-order valence-electron chi connectivity index (χ2n) is 5.23. The molecule has 0 radical (unpaired) electrons. The van der Waals surface area contributed by atoms with Crippen LogP contribution in [0.1, 0.15) is 30.6 Å². The highest BCUT2D eigenvalue weighted by Crippen LogP contribution is 2.21. The Morgan fingerprint density at radius 3 is 2.50 bits per heavy atom. The van der Waals surface area contributed by atoms with E-state index in [1.807, 2.05) is 13.8 Å². The van der Waals surface area contributed by atoms with Crippen molar-refractivity contribution in [3.05, 3.63) is 47.8 Å². The standard InChI is InChI=1S/C16H19FN2O/c1-10(18)9-11(2)19-16(20)14-7-8-15(17)13-6-4-3-5-12(13)14/h3-8,10-11H,9,18H2,1-2H3,(H,19,20). The third-order valence-corrected chi connectivity index (χ3v) is 3.22. The molecule has 2 aromatic carbocycles. The molecular formula is C16H19FN2O. The van der Waals surface area contributed by atoms with Crippen LogP contribution in [0.2, 0.25) is 0 Å². The molecule has 0 saturated heterocycles. The summed E-state index contributed by atoms with van der Waals surface area (Å²) in [5.74, 6) is -0.518. The van der Waals surface area contributed by atoms with Crippen molar-refractivity contribution in [1.82, 2.24) is 5.32 Å². The Morgan fingerprint density at radius 2 is 1.85 bits per heavy atom. The van der Waals surface area contributed by atoms with E-state index in [2.05, 4.69) is 5.32 Å². The minimum Gasteiger partial charge on any atom is -0.350 e. The summed E-state index contributed by atoms with van der Waals surface area (Å²) >= 11 is 0. The van der Waals surface area contributed by atoms with Gasteiger partial charge in [0, 0.05) is 23.0 Å². The average Bonchev–Trinajstić information content (AvgIpc) is 2.38. The van der Waals surface area contributed by atoms with Gasteiger partial charge in [-0.2, -0.15) is 0 Å². The first-order chi connectivity index (χ1) is 9.49. The van der Waals surface area contributed by atoms with Crippen molar-refractivity contribution in [2.75, 3.05) is 0 Å². The summed E-state index contributed by atoms with van der Waals surface area (Å²) in [6.07, 6.45) is 0.699. The predicted octanol–water partition coefficient (Wildman–Crippen LogP) is 2.83. The lowest BCUT2D eigenvalue weighted by molar-refractivity contribution is 0.0939. The second-order valence-corrected chi connectivity index (χ2v) is 5.23. The van der Waals surface area contributed by atoms with E-state index in [9.17, 15) is 9.18 Å². The molecule has 2 unspecified atom stereocenters. The highest BCUT2D eigenvalue weighted by molar-refractivity contribution is 6.07. The van der Waals surface area contributed by atoms with Crippen LogP contribution in [0.4, 0.5) is 4.39 Å². The maximum absolute atomic E-state index is 13.7. The lowest BCUT2D eigenvalue weighted by Gasteiger charge is -2.16. The van der Waals surface area contributed by atoms with Crippen LogP contribution in [0.3, 0.4) is 0 Å². The summed E-state index contributed by atoms with van der Waals surface area (Å²) in [7, 11) is 0. The molecule has 2 aromatic rings. The molecule has 0 spiro atoms. The number of halogens is 1. The van der Waals surface area contributed by atoms with Crippen LogP contribution in [0.15, 0.2) is 36.4 Å². The molecule has 4 heteroatoms. The van der Waals surface area contributed by atoms with Crippen LogP contribution >= 0.6 is 0 Å². The molecule has 0 aliphatic carbocycles. The number of hydrogen-bond acceptors (Lipinski definition) is 2. The third kappa shape index (κ3) is 3.14. The topological polar surface area (TPSA) is 55.1 Å². The smallest absolute Gasteiger partial charge is 0.252 e. The highest BCUT2D eigenvalue weighted by atomic mass is 19.1. The molecule has 0 aliphatic heterocycles. The molecular weight excluding hydrogens is 255 g/mol. The minimum absolute atomic E-state index is 0.0219. The quantitative estimate of drug-likeness (QED) is 0.900. The van der Waals surface area contributed by atoms with E-state index in [1.54, 1.807) is 24.3 Å². The first-order valence-electron chi connectivity index (χ1n) is 6.72. The van der Waals surface area contributed by atoms with E-state index >= 15 is 0 Å². The lowest BCUT2D eigenvalue weighted by atomic mass is 10.0. The fraction of sp³-hybridized carbons (Fsp3) is 0.312. The van der Waals surface area contributed by atoms with E-state index < -0.39 is 0 Å². The second kappa shape index (κ2) is 6.01. The minimum atomic E-state index is -0.319. The number of nitrogens with one attached hydrogen (secondary N) is 1. The van der Waals surface area contributed by atoms with Crippen LogP contribution in [-0.4, -0.2) is 18.0 Å². The van der Waals surface area contributed by atoms with E-state index in [0.29, 0.717) is 22.8 Å². The number of carbonyl (C=O) groups excluding carboxylic acids is 1. The Bertz CT molecular complexity index is 625. The van der Waals surface area contributed by atoms with E-state index in [0.717, 1.165) is 0 Å². The molecule has 20 heavy (non-hydrogen) atoms. The van der Waals surface area contributed by atoms with Crippen LogP contribution in [0.5, 0.6) is 0 Å². The maximum atomic E-state index is 13.7. The van der Waals surface area contributed by atoms with Crippen molar-refractivity contribution in [3.8, 4) is 0 Å². The Morgan fingerprint density at radius 1 is 1.20 bits per heavy atom. The van der Waals surface area contributed by atoms with Gasteiger partial charge in [0.05, 0.1) is 0 Å². The summed E-state index contributed by atoms with van der Waals surface area (Å²) in [6.45, 7) is 3.81. The molecule has 106 valence electrons. The monoisotopic (exact) mass is 274 g/mol. The largest absolute Gasteiger partial charge is 0.350 e. The number of hydrogen-bond donors (Lipinski definition) is 2. The number of carbonyl (C=O) groups is 1. The van der Waals surface area contributed by atoms with Crippen molar-refractivity contribution in [1.29, 1.82) is 0 Å². The van der Waals surface area contributed by atoms with Gasteiger partial charge in [0.25, 0.3) is 5.91 Å². The van der Waals surface area contributed by atoms with Gasteiger partial charge in [-0.25, -0.2) is 4.39 Å². The van der Waals surface area contributed by atoms with Crippen LogP contribution < -0.4 is 11.1 Å². The average molecular weight is 274 g/mol. The van der Waals surface area contributed by atoms with Crippen molar-refractivity contribution in [2.45, 2.75) is 32.4 Å². The molecule has 0 saturated carbocycles. The van der Waals surface area contributed by atoms with Gasteiger partial charge in [-0.3, -0.25) is 4.79 Å². The summed E-state index contributed by atoms with van der Waals surface area (Å²) in [6, 6.07) is 9.83. The normalized spacial score (nSPS) is 14.0. The van der Waals surface area contributed by atoms with Gasteiger partial charge < -0.3 is 11.1 Å². The third-order valence-electron chi connectivity index (χ3n) is 3.22. The summed E-state index contributed by atoms with van der Waals surface area (Å²) in [4.78, 5) is 12.3. The molecule has 3 N–H and O–H groups in total. The molecule has 0 bridgehead atoms. The Balaban J connectivity index is 2.29.